The Kier molecular flexibility index (Phi) is 4.77. The number of hydrogen-bond donors (Lipinski definition) is 1. The molecule has 0 spiro atoms. The first-order chi connectivity index (χ1) is 12.6. The van der Waals surface area contributed by atoms with E-state index in [0.717, 1.165) is 26.4 Å². The fourth-order valence-corrected chi connectivity index (χ4v) is 4.08. The summed E-state index contributed by atoms with van der Waals surface area (Å²) in [5.41, 5.74) is 1.37. The van der Waals surface area contributed by atoms with Gasteiger partial charge in [0.1, 0.15) is 5.70 Å². The van der Waals surface area contributed by atoms with Crippen LogP contribution in [0.25, 0.3) is 5.70 Å². The van der Waals surface area contributed by atoms with E-state index in [1.807, 2.05) is 49.4 Å². The van der Waals surface area contributed by atoms with Crippen molar-refractivity contribution in [3.05, 3.63) is 68.1 Å². The molecule has 0 aliphatic carbocycles. The second-order valence-corrected chi connectivity index (χ2v) is 8.31. The summed E-state index contributed by atoms with van der Waals surface area (Å²) in [5, 5.41) is 11.9. The second kappa shape index (κ2) is 7.06. The Hall–Kier alpha value is -1.83. The monoisotopic (exact) mass is 448 g/mol. The van der Waals surface area contributed by atoms with Crippen molar-refractivity contribution in [3.8, 4) is 0 Å². The number of amides is 1. The molecule has 5 nitrogen and oxygen atoms in total. The van der Waals surface area contributed by atoms with Crippen LogP contribution in [0.3, 0.4) is 0 Å². The molecule has 26 heavy (non-hydrogen) atoms. The van der Waals surface area contributed by atoms with Crippen molar-refractivity contribution >= 4 is 56.1 Å². The van der Waals surface area contributed by atoms with E-state index in [-0.39, 0.29) is 5.91 Å². The number of rotatable bonds is 2. The Balaban J connectivity index is 1.98. The third-order valence-electron chi connectivity index (χ3n) is 4.00. The molecule has 0 fully saturated rings. The highest BCUT2D eigenvalue weighted by Crippen LogP contribution is 2.31. The van der Waals surface area contributed by atoms with Gasteiger partial charge in [0.25, 0.3) is 5.91 Å². The maximum Gasteiger partial charge on any atom is 0.276 e. The summed E-state index contributed by atoms with van der Waals surface area (Å²) < 4.78 is 0.880. The molecule has 2 aromatic carbocycles. The molecule has 4 rings (SSSR count). The first-order valence-corrected chi connectivity index (χ1v) is 10.2. The van der Waals surface area contributed by atoms with Crippen molar-refractivity contribution in [1.82, 2.24) is 10.3 Å². The number of fused-ring (bicyclic) bond motifs is 2. The van der Waals surface area contributed by atoms with E-state index >= 15 is 0 Å². The number of thioether (sulfide) groups is 1. The molecule has 2 aliphatic heterocycles. The van der Waals surface area contributed by atoms with Crippen LogP contribution in [0.15, 0.2) is 57.0 Å². The average Bonchev–Trinajstić information content (AvgIpc) is 2.61. The van der Waals surface area contributed by atoms with Crippen LogP contribution in [0.1, 0.15) is 18.7 Å². The van der Waals surface area contributed by atoms with E-state index < -0.39 is 6.17 Å². The molecule has 1 N–H and O–H groups in total. The predicted molar refractivity (Wildman–Crippen MR) is 108 cm³/mol. The molecule has 2 heterocycles. The molecule has 0 saturated heterocycles. The van der Waals surface area contributed by atoms with Gasteiger partial charge in [-0.2, -0.15) is 0 Å². The van der Waals surface area contributed by atoms with Crippen LogP contribution in [0.2, 0.25) is 5.02 Å². The van der Waals surface area contributed by atoms with E-state index in [1.54, 1.807) is 5.01 Å². The normalized spacial score (nSPS) is 18.5. The van der Waals surface area contributed by atoms with Crippen LogP contribution in [0, 0.1) is 0 Å². The van der Waals surface area contributed by atoms with Crippen LogP contribution >= 0.6 is 39.3 Å². The zero-order valence-electron chi connectivity index (χ0n) is 13.7. The molecule has 0 aromatic heterocycles. The van der Waals surface area contributed by atoms with Crippen LogP contribution in [0.4, 0.5) is 0 Å². The number of nitrogens with one attached hydrogen (secondary N) is 1. The van der Waals surface area contributed by atoms with Gasteiger partial charge in [0.2, 0.25) is 0 Å². The number of benzene rings is 2. The minimum atomic E-state index is -0.448. The number of amidine groups is 1. The van der Waals surface area contributed by atoms with Crippen LogP contribution in [0.5, 0.6) is 0 Å². The summed E-state index contributed by atoms with van der Waals surface area (Å²) in [5.74, 6) is 0.626. The summed E-state index contributed by atoms with van der Waals surface area (Å²) in [7, 11) is 0. The number of hydrazone groups is 1. The van der Waals surface area contributed by atoms with E-state index in [2.05, 4.69) is 26.3 Å². The van der Waals surface area contributed by atoms with Gasteiger partial charge in [-0.1, -0.05) is 58.3 Å². The Morgan fingerprint density at radius 1 is 1.31 bits per heavy atom. The fraction of sp³-hybridized carbons (Fsp3) is 0.167. The van der Waals surface area contributed by atoms with Gasteiger partial charge in [-0.3, -0.25) is 15.1 Å². The smallest absolute Gasteiger partial charge is 0.276 e. The van der Waals surface area contributed by atoms with Gasteiger partial charge in [0.15, 0.2) is 11.3 Å². The summed E-state index contributed by atoms with van der Waals surface area (Å²) in [6.07, 6.45) is -0.448. The summed E-state index contributed by atoms with van der Waals surface area (Å²) in [6.45, 7) is 2.01. The molecule has 0 bridgehead atoms. The Morgan fingerprint density at radius 2 is 2.15 bits per heavy atom. The lowest BCUT2D eigenvalue weighted by atomic mass is 10.1. The molecule has 0 unspecified atom stereocenters. The molecule has 2 aromatic rings. The molecule has 132 valence electrons. The third kappa shape index (κ3) is 3.15. The van der Waals surface area contributed by atoms with Crippen molar-refractivity contribution in [1.29, 1.82) is 0 Å². The van der Waals surface area contributed by atoms with Crippen molar-refractivity contribution in [2.45, 2.75) is 13.1 Å². The number of nitrogens with zero attached hydrogens (tertiary/aromatic N) is 3. The average molecular weight is 450 g/mol. The van der Waals surface area contributed by atoms with Crippen molar-refractivity contribution < 1.29 is 4.79 Å². The predicted octanol–water partition coefficient (Wildman–Crippen LogP) is 3.00. The largest absolute Gasteiger partial charge is 0.298 e. The molecule has 2 aliphatic rings. The van der Waals surface area contributed by atoms with Gasteiger partial charge in [-0.25, -0.2) is 5.01 Å². The lowest BCUT2D eigenvalue weighted by molar-refractivity contribution is -0.116. The molecule has 1 atom stereocenters. The van der Waals surface area contributed by atoms with Crippen molar-refractivity contribution in [3.63, 3.8) is 0 Å². The molecular weight excluding hydrogens is 436 g/mol. The Morgan fingerprint density at radius 3 is 2.92 bits per heavy atom. The summed E-state index contributed by atoms with van der Waals surface area (Å²) in [6, 6.07) is 13.2. The van der Waals surface area contributed by atoms with Crippen LogP contribution < -0.4 is 15.9 Å². The third-order valence-corrected chi connectivity index (χ3v) is 5.47. The number of hydrogen-bond acceptors (Lipinski definition) is 5. The second-order valence-electron chi connectivity index (χ2n) is 5.70. The number of halogens is 2. The number of carbonyl (C=O) groups is 1. The van der Waals surface area contributed by atoms with E-state index in [4.69, 9.17) is 16.6 Å². The highest BCUT2D eigenvalue weighted by molar-refractivity contribution is 9.10. The van der Waals surface area contributed by atoms with Crippen LogP contribution in [-0.2, 0) is 4.79 Å². The quantitative estimate of drug-likeness (QED) is 0.767. The number of carbonyl (C=O) groups excluding carboxylic acids is 1. The van der Waals surface area contributed by atoms with E-state index in [0.29, 0.717) is 15.9 Å². The highest BCUT2D eigenvalue weighted by Gasteiger charge is 2.34. The van der Waals surface area contributed by atoms with Gasteiger partial charge in [-0.05, 0) is 41.6 Å². The maximum atomic E-state index is 12.9. The van der Waals surface area contributed by atoms with Crippen LogP contribution in [-0.4, -0.2) is 21.8 Å². The van der Waals surface area contributed by atoms with Gasteiger partial charge in [-0.15, -0.1) is 5.10 Å². The van der Waals surface area contributed by atoms with Crippen molar-refractivity contribution in [2.75, 3.05) is 5.75 Å². The molecular formula is C18H14BrClN4OS. The first kappa shape index (κ1) is 17.6. The zero-order valence-corrected chi connectivity index (χ0v) is 16.9. The van der Waals surface area contributed by atoms with Crippen molar-refractivity contribution in [2.24, 2.45) is 10.1 Å². The first-order valence-electron chi connectivity index (χ1n) is 8.02. The lowest BCUT2D eigenvalue weighted by Gasteiger charge is -2.34. The molecule has 8 heteroatoms. The Labute approximate surface area is 168 Å². The van der Waals surface area contributed by atoms with Gasteiger partial charge >= 0.3 is 0 Å². The summed E-state index contributed by atoms with van der Waals surface area (Å²) in [4.78, 5) is 17.7. The van der Waals surface area contributed by atoms with E-state index in [1.165, 1.54) is 11.8 Å². The van der Waals surface area contributed by atoms with Gasteiger partial charge < -0.3 is 0 Å². The standard InChI is InChI=1S/C18H14BrClN4OS/c1-2-26-18-22-17(25)15-13-9-11(19)6-7-14(13)21-16(24(15)23-18)10-4-3-5-12(20)8-10/h3-9,16H,2H2,1H3,(H,22,23,25)/t16-/m1/s1. The summed E-state index contributed by atoms with van der Waals surface area (Å²) >= 11 is 11.1. The SMILES string of the molecule is CCSC1=NN2C(=c3cc(Br)ccc3=N[C@H]2c2cccc(Cl)c2)C(=O)N1. The Bertz CT molecular complexity index is 1060. The maximum absolute atomic E-state index is 12.9. The minimum Gasteiger partial charge on any atom is -0.298 e. The van der Waals surface area contributed by atoms with Gasteiger partial charge in [0.05, 0.1) is 5.36 Å². The molecule has 0 saturated carbocycles. The topological polar surface area (TPSA) is 57.1 Å². The fourth-order valence-electron chi connectivity index (χ4n) is 2.94. The lowest BCUT2D eigenvalue weighted by Crippen LogP contribution is -2.50. The van der Waals surface area contributed by atoms with Gasteiger partial charge in [0, 0.05) is 14.7 Å². The molecule has 0 radical (unpaired) electrons. The molecule has 1 amide bonds. The van der Waals surface area contributed by atoms with E-state index in [9.17, 15) is 4.79 Å². The minimum absolute atomic E-state index is 0.183. The highest BCUT2D eigenvalue weighted by atomic mass is 79.9. The zero-order chi connectivity index (χ0) is 18.3.